The fourth-order valence-corrected chi connectivity index (χ4v) is 2.91. The fraction of sp³-hybridized carbons (Fsp3) is 0.188. The third-order valence-electron chi connectivity index (χ3n) is 2.90. The van der Waals surface area contributed by atoms with Gasteiger partial charge < -0.3 is 4.74 Å². The minimum atomic E-state index is -3.08. The number of ether oxygens (including phenoxy) is 1. The molecule has 0 aromatic heterocycles. The van der Waals surface area contributed by atoms with Gasteiger partial charge in [-0.1, -0.05) is 40.2 Å². The van der Waals surface area contributed by atoms with Gasteiger partial charge in [0.1, 0.15) is 6.61 Å². The molecule has 116 valence electrons. The fourth-order valence-electron chi connectivity index (χ4n) is 1.85. The Morgan fingerprint density at radius 3 is 2.09 bits per heavy atom. The van der Waals surface area contributed by atoms with Crippen LogP contribution < -0.4 is 0 Å². The van der Waals surface area contributed by atoms with Crippen LogP contribution in [-0.4, -0.2) is 20.6 Å². The zero-order valence-electron chi connectivity index (χ0n) is 12.0. The van der Waals surface area contributed by atoms with Crippen LogP contribution in [-0.2, 0) is 26.9 Å². The molecule has 4 nitrogen and oxygen atoms in total. The van der Waals surface area contributed by atoms with E-state index in [0.717, 1.165) is 10.0 Å². The topological polar surface area (TPSA) is 60.4 Å². The number of sulfone groups is 1. The minimum Gasteiger partial charge on any atom is -0.457 e. The summed E-state index contributed by atoms with van der Waals surface area (Å²) in [7, 11) is -3.08. The lowest BCUT2D eigenvalue weighted by Gasteiger charge is -2.06. The van der Waals surface area contributed by atoms with Crippen LogP contribution in [0.1, 0.15) is 21.5 Å². The van der Waals surface area contributed by atoms with E-state index in [4.69, 9.17) is 4.74 Å². The van der Waals surface area contributed by atoms with Gasteiger partial charge in [0.15, 0.2) is 9.84 Å². The van der Waals surface area contributed by atoms with E-state index in [1.54, 1.807) is 24.3 Å². The van der Waals surface area contributed by atoms with Gasteiger partial charge in [0.2, 0.25) is 0 Å². The highest BCUT2D eigenvalue weighted by atomic mass is 79.9. The van der Waals surface area contributed by atoms with Crippen molar-refractivity contribution in [3.8, 4) is 0 Å². The molecule has 0 aliphatic carbocycles. The number of carbonyl (C=O) groups excluding carboxylic acids is 1. The number of rotatable bonds is 5. The number of hydrogen-bond donors (Lipinski definition) is 0. The lowest BCUT2D eigenvalue weighted by atomic mass is 10.1. The minimum absolute atomic E-state index is 0.0405. The summed E-state index contributed by atoms with van der Waals surface area (Å²) < 4.78 is 28.6. The summed E-state index contributed by atoms with van der Waals surface area (Å²) >= 11 is 3.34. The first-order valence-corrected chi connectivity index (χ1v) is 9.37. The van der Waals surface area contributed by atoms with Gasteiger partial charge in [-0.2, -0.15) is 0 Å². The summed E-state index contributed by atoms with van der Waals surface area (Å²) in [5.74, 6) is -0.477. The van der Waals surface area contributed by atoms with Gasteiger partial charge in [-0.3, -0.25) is 0 Å². The normalized spacial score (nSPS) is 11.2. The molecule has 0 aliphatic heterocycles. The maximum absolute atomic E-state index is 11.9. The van der Waals surface area contributed by atoms with Crippen LogP contribution in [0.2, 0.25) is 0 Å². The molecule has 0 saturated carbocycles. The van der Waals surface area contributed by atoms with E-state index in [-0.39, 0.29) is 12.4 Å². The summed E-state index contributed by atoms with van der Waals surface area (Å²) in [6, 6.07) is 13.9. The quantitative estimate of drug-likeness (QED) is 0.743. The Bertz CT molecular complexity index is 750. The molecule has 0 unspecified atom stereocenters. The molecule has 2 aromatic rings. The van der Waals surface area contributed by atoms with Crippen LogP contribution in [0.4, 0.5) is 0 Å². The Hall–Kier alpha value is -1.66. The lowest BCUT2D eigenvalue weighted by Crippen LogP contribution is -2.06. The molecule has 0 heterocycles. The second-order valence-electron chi connectivity index (χ2n) is 4.97. The summed E-state index contributed by atoms with van der Waals surface area (Å²) in [6.45, 7) is 0.192. The number of halogens is 1. The zero-order valence-corrected chi connectivity index (χ0v) is 14.4. The maximum atomic E-state index is 11.9. The van der Waals surface area contributed by atoms with Gasteiger partial charge >= 0.3 is 5.97 Å². The van der Waals surface area contributed by atoms with Crippen LogP contribution in [0.3, 0.4) is 0 Å². The van der Waals surface area contributed by atoms with Crippen molar-refractivity contribution in [2.75, 3.05) is 6.26 Å². The van der Waals surface area contributed by atoms with Gasteiger partial charge in [-0.25, -0.2) is 13.2 Å². The van der Waals surface area contributed by atoms with Crippen molar-refractivity contribution >= 4 is 31.7 Å². The van der Waals surface area contributed by atoms with Crippen molar-refractivity contribution in [1.82, 2.24) is 0 Å². The van der Waals surface area contributed by atoms with E-state index in [1.807, 2.05) is 24.3 Å². The molecule has 0 atom stereocenters. The van der Waals surface area contributed by atoms with Gasteiger partial charge in [-0.15, -0.1) is 0 Å². The molecule has 0 aliphatic rings. The first-order chi connectivity index (χ1) is 10.3. The predicted octanol–water partition coefficient (Wildman–Crippen LogP) is 3.35. The number of carbonyl (C=O) groups is 1. The highest BCUT2D eigenvalue weighted by Gasteiger charge is 2.09. The Kier molecular flexibility index (Phi) is 5.37. The molecule has 0 spiro atoms. The van der Waals surface area contributed by atoms with Gasteiger partial charge in [0.25, 0.3) is 0 Å². The average molecular weight is 383 g/mol. The first kappa shape index (κ1) is 16.7. The molecule has 0 N–H and O–H groups in total. The van der Waals surface area contributed by atoms with Gasteiger partial charge in [0, 0.05) is 10.7 Å². The Morgan fingerprint density at radius 1 is 1.00 bits per heavy atom. The molecular formula is C16H15BrO4S. The first-order valence-electron chi connectivity index (χ1n) is 6.52. The van der Waals surface area contributed by atoms with E-state index in [9.17, 15) is 13.2 Å². The van der Waals surface area contributed by atoms with Crippen molar-refractivity contribution in [3.05, 3.63) is 69.7 Å². The highest BCUT2D eigenvalue weighted by molar-refractivity contribution is 9.10. The van der Waals surface area contributed by atoms with E-state index in [1.165, 1.54) is 6.26 Å². The van der Waals surface area contributed by atoms with Crippen LogP contribution >= 0.6 is 15.9 Å². The van der Waals surface area contributed by atoms with Gasteiger partial charge in [0.05, 0.1) is 11.3 Å². The highest BCUT2D eigenvalue weighted by Crippen LogP contribution is 2.13. The van der Waals surface area contributed by atoms with Crippen LogP contribution in [0.15, 0.2) is 53.0 Å². The monoisotopic (exact) mass is 382 g/mol. The third-order valence-corrected chi connectivity index (χ3v) is 4.29. The summed E-state index contributed by atoms with van der Waals surface area (Å²) in [6.07, 6.45) is 1.17. The molecule has 2 aromatic carbocycles. The molecule has 0 amide bonds. The van der Waals surface area contributed by atoms with Crippen molar-refractivity contribution < 1.29 is 17.9 Å². The maximum Gasteiger partial charge on any atom is 0.338 e. The van der Waals surface area contributed by atoms with E-state index in [0.29, 0.717) is 11.1 Å². The standard InChI is InChI=1S/C16H15BrO4S/c1-22(19,20)11-13-2-6-14(7-3-13)16(18)21-10-12-4-8-15(17)9-5-12/h2-9H,10-11H2,1H3. The molecular weight excluding hydrogens is 368 g/mol. The average Bonchev–Trinajstić information content (AvgIpc) is 2.45. The molecule has 0 bridgehead atoms. The summed E-state index contributed by atoms with van der Waals surface area (Å²) in [4.78, 5) is 11.9. The molecule has 22 heavy (non-hydrogen) atoms. The number of esters is 1. The second kappa shape index (κ2) is 7.07. The van der Waals surface area contributed by atoms with E-state index in [2.05, 4.69) is 15.9 Å². The van der Waals surface area contributed by atoms with Crippen LogP contribution in [0, 0.1) is 0 Å². The van der Waals surface area contributed by atoms with E-state index >= 15 is 0 Å². The van der Waals surface area contributed by atoms with Crippen molar-refractivity contribution in [2.45, 2.75) is 12.4 Å². The number of hydrogen-bond acceptors (Lipinski definition) is 4. The Balaban J connectivity index is 1.96. The van der Waals surface area contributed by atoms with Crippen molar-refractivity contribution in [1.29, 1.82) is 0 Å². The molecule has 6 heteroatoms. The van der Waals surface area contributed by atoms with E-state index < -0.39 is 15.8 Å². The molecule has 0 fully saturated rings. The smallest absolute Gasteiger partial charge is 0.338 e. The van der Waals surface area contributed by atoms with Crippen molar-refractivity contribution in [3.63, 3.8) is 0 Å². The Labute approximate surface area is 138 Å². The predicted molar refractivity (Wildman–Crippen MR) is 88.3 cm³/mol. The zero-order chi connectivity index (χ0) is 16.2. The third kappa shape index (κ3) is 5.27. The second-order valence-corrected chi connectivity index (χ2v) is 8.03. The Morgan fingerprint density at radius 2 is 1.55 bits per heavy atom. The van der Waals surface area contributed by atoms with Crippen LogP contribution in [0.25, 0.3) is 0 Å². The molecule has 0 radical (unpaired) electrons. The van der Waals surface area contributed by atoms with Crippen molar-refractivity contribution in [2.24, 2.45) is 0 Å². The lowest BCUT2D eigenvalue weighted by molar-refractivity contribution is 0.0472. The summed E-state index contributed by atoms with van der Waals surface area (Å²) in [5.41, 5.74) is 1.94. The SMILES string of the molecule is CS(=O)(=O)Cc1ccc(C(=O)OCc2ccc(Br)cc2)cc1. The summed E-state index contributed by atoms with van der Waals surface area (Å²) in [5, 5.41) is 0. The largest absolute Gasteiger partial charge is 0.457 e. The van der Waals surface area contributed by atoms with Gasteiger partial charge in [-0.05, 0) is 35.4 Å². The molecule has 2 rings (SSSR count). The molecule has 0 saturated heterocycles. The number of benzene rings is 2. The van der Waals surface area contributed by atoms with Crippen LogP contribution in [0.5, 0.6) is 0 Å².